The van der Waals surface area contributed by atoms with E-state index in [0.717, 1.165) is 6.42 Å². The highest BCUT2D eigenvalue weighted by Gasteiger charge is 2.28. The van der Waals surface area contributed by atoms with Gasteiger partial charge in [0, 0.05) is 11.8 Å². The normalized spacial score (nSPS) is 12.4. The summed E-state index contributed by atoms with van der Waals surface area (Å²) >= 11 is 1.23. The van der Waals surface area contributed by atoms with Gasteiger partial charge in [-0.1, -0.05) is 6.92 Å². The largest absolute Gasteiger partial charge is 0.389 e. The number of sulfonamides is 1. The predicted molar refractivity (Wildman–Crippen MR) is 72.7 cm³/mol. The van der Waals surface area contributed by atoms with Crippen LogP contribution in [0, 0.1) is 0 Å². The number of nitrogens with one attached hydrogen (secondary N) is 1. The van der Waals surface area contributed by atoms with Gasteiger partial charge in [0.15, 0.2) is 0 Å². The summed E-state index contributed by atoms with van der Waals surface area (Å²) in [7, 11) is -4.09. The Morgan fingerprint density at radius 1 is 1.43 bits per heavy atom. The summed E-state index contributed by atoms with van der Waals surface area (Å²) in [6.45, 7) is 1.94. The van der Waals surface area contributed by atoms with E-state index in [1.165, 1.54) is 16.7 Å². The number of aromatic nitrogens is 1. The topological polar surface area (TPSA) is 76.1 Å². The van der Waals surface area contributed by atoms with E-state index >= 15 is 0 Å². The first kappa shape index (κ1) is 17.9. The zero-order chi connectivity index (χ0) is 16.1. The summed E-state index contributed by atoms with van der Waals surface area (Å²) in [5.74, 6) is -1.68. The average molecular weight is 344 g/mol. The molecule has 0 aliphatic carbocycles. The van der Waals surface area contributed by atoms with Gasteiger partial charge in [-0.15, -0.1) is 11.3 Å². The van der Waals surface area contributed by atoms with E-state index in [1.807, 2.05) is 6.92 Å². The molecule has 1 aromatic heterocycles. The maximum Gasteiger partial charge on any atom is 0.389 e. The van der Waals surface area contributed by atoms with Crippen LogP contribution in [0.4, 0.5) is 13.2 Å². The van der Waals surface area contributed by atoms with Gasteiger partial charge in [-0.3, -0.25) is 4.79 Å². The lowest BCUT2D eigenvalue weighted by Crippen LogP contribution is -2.33. The van der Waals surface area contributed by atoms with Gasteiger partial charge in [-0.05, 0) is 19.3 Å². The van der Waals surface area contributed by atoms with Crippen molar-refractivity contribution in [3.63, 3.8) is 0 Å². The molecule has 0 atom stereocenters. The Balaban J connectivity index is 2.55. The second-order valence-corrected chi connectivity index (χ2v) is 7.13. The van der Waals surface area contributed by atoms with Gasteiger partial charge in [-0.2, -0.15) is 13.2 Å². The maximum atomic E-state index is 11.9. The minimum absolute atomic E-state index is 0.0390. The van der Waals surface area contributed by atoms with Gasteiger partial charge < -0.3 is 0 Å². The lowest BCUT2D eigenvalue weighted by Gasteiger charge is -2.07. The molecule has 0 aromatic carbocycles. The second kappa shape index (κ2) is 7.21. The van der Waals surface area contributed by atoms with Crippen molar-refractivity contribution in [2.45, 2.75) is 38.8 Å². The Labute approximate surface area is 124 Å². The third kappa shape index (κ3) is 6.89. The number of alkyl halides is 3. The number of aryl methyl sites for hydroxylation is 1. The van der Waals surface area contributed by atoms with Crippen molar-refractivity contribution in [1.29, 1.82) is 0 Å². The maximum absolute atomic E-state index is 11.9. The zero-order valence-corrected chi connectivity index (χ0v) is 12.9. The van der Waals surface area contributed by atoms with E-state index in [1.54, 1.807) is 4.72 Å². The van der Waals surface area contributed by atoms with E-state index in [0.29, 0.717) is 11.4 Å². The molecule has 10 heteroatoms. The molecular weight excluding hydrogens is 329 g/mol. The Bertz CT molecular complexity index is 582. The molecule has 1 heterocycles. The summed E-state index contributed by atoms with van der Waals surface area (Å²) < 4.78 is 60.6. The quantitative estimate of drug-likeness (QED) is 0.824. The molecule has 1 aromatic rings. The van der Waals surface area contributed by atoms with E-state index < -0.39 is 40.7 Å². The van der Waals surface area contributed by atoms with Crippen molar-refractivity contribution in [3.8, 4) is 0 Å². The molecule has 0 aliphatic heterocycles. The highest BCUT2D eigenvalue weighted by molar-refractivity contribution is 7.90. The van der Waals surface area contributed by atoms with E-state index in [4.69, 9.17) is 0 Å². The molecule has 0 radical (unpaired) electrons. The lowest BCUT2D eigenvalue weighted by atomic mass is 10.3. The average Bonchev–Trinajstić information content (AvgIpc) is 2.75. The Hall–Kier alpha value is -1.16. The van der Waals surface area contributed by atoms with Crippen LogP contribution in [0.3, 0.4) is 0 Å². The van der Waals surface area contributed by atoms with Crippen LogP contribution < -0.4 is 4.72 Å². The number of hydrogen-bond donors (Lipinski definition) is 1. The molecule has 120 valence electrons. The number of carbonyl (C=O) groups is 1. The molecule has 0 fully saturated rings. The van der Waals surface area contributed by atoms with E-state index in [9.17, 15) is 26.4 Å². The van der Waals surface area contributed by atoms with Crippen LogP contribution in [-0.2, 0) is 16.4 Å². The highest BCUT2D eigenvalue weighted by atomic mass is 32.2. The Morgan fingerprint density at radius 2 is 2.10 bits per heavy atom. The van der Waals surface area contributed by atoms with Gasteiger partial charge in [0.05, 0.1) is 10.8 Å². The van der Waals surface area contributed by atoms with Crippen molar-refractivity contribution in [2.75, 3.05) is 5.75 Å². The first-order valence-corrected chi connectivity index (χ1v) is 8.72. The van der Waals surface area contributed by atoms with Crippen LogP contribution in [0.15, 0.2) is 5.38 Å². The van der Waals surface area contributed by atoms with Crippen LogP contribution in [0.1, 0.15) is 41.7 Å². The van der Waals surface area contributed by atoms with Crippen molar-refractivity contribution >= 4 is 27.3 Å². The Kier molecular flexibility index (Phi) is 6.14. The third-order valence-corrected chi connectivity index (χ3v) is 4.60. The molecule has 1 rings (SSSR count). The van der Waals surface area contributed by atoms with Crippen LogP contribution in [0.25, 0.3) is 0 Å². The number of rotatable bonds is 7. The van der Waals surface area contributed by atoms with Crippen molar-refractivity contribution in [1.82, 2.24) is 9.71 Å². The van der Waals surface area contributed by atoms with Crippen molar-refractivity contribution in [2.24, 2.45) is 0 Å². The van der Waals surface area contributed by atoms with Gasteiger partial charge in [0.25, 0.3) is 5.91 Å². The van der Waals surface area contributed by atoms with E-state index in [-0.39, 0.29) is 5.69 Å². The molecular formula is C11H15F3N2O3S2. The van der Waals surface area contributed by atoms with Crippen molar-refractivity contribution in [3.05, 3.63) is 16.1 Å². The number of carbonyl (C=O) groups excluding carboxylic acids is 1. The van der Waals surface area contributed by atoms with Gasteiger partial charge in [0.2, 0.25) is 10.0 Å². The fourth-order valence-electron chi connectivity index (χ4n) is 1.45. The van der Waals surface area contributed by atoms with E-state index in [2.05, 4.69) is 4.98 Å². The van der Waals surface area contributed by atoms with Crippen molar-refractivity contribution < 1.29 is 26.4 Å². The fourth-order valence-corrected chi connectivity index (χ4v) is 3.34. The van der Waals surface area contributed by atoms with Gasteiger partial charge in [0.1, 0.15) is 5.69 Å². The number of halogens is 3. The fraction of sp³-hybridized carbons (Fsp3) is 0.636. The summed E-state index contributed by atoms with van der Waals surface area (Å²) in [4.78, 5) is 15.6. The molecule has 5 nitrogen and oxygen atoms in total. The minimum Gasteiger partial charge on any atom is -0.266 e. The van der Waals surface area contributed by atoms with Gasteiger partial charge >= 0.3 is 6.18 Å². The number of hydrogen-bond acceptors (Lipinski definition) is 5. The number of nitrogens with zero attached hydrogens (tertiary/aromatic N) is 1. The van der Waals surface area contributed by atoms with Crippen LogP contribution >= 0.6 is 11.3 Å². The smallest absolute Gasteiger partial charge is 0.266 e. The van der Waals surface area contributed by atoms with Crippen LogP contribution in [0.5, 0.6) is 0 Å². The molecule has 0 spiro atoms. The summed E-state index contributed by atoms with van der Waals surface area (Å²) in [6, 6.07) is 0. The SMILES string of the molecule is CCCc1nc(C(=O)NS(=O)(=O)CCCC(F)(F)F)cs1. The molecule has 21 heavy (non-hydrogen) atoms. The minimum atomic E-state index is -4.41. The monoisotopic (exact) mass is 344 g/mol. The Morgan fingerprint density at radius 3 is 2.67 bits per heavy atom. The predicted octanol–water partition coefficient (Wildman–Crippen LogP) is 2.50. The molecule has 0 saturated heterocycles. The number of thiazole rings is 1. The highest BCUT2D eigenvalue weighted by Crippen LogP contribution is 2.21. The number of amides is 1. The molecule has 0 aliphatic rings. The standard InChI is InChI=1S/C11H15F3N2O3S2/c1-2-4-9-15-8(7-20-9)10(17)16-21(18,19)6-3-5-11(12,13)14/h7H,2-6H2,1H3,(H,16,17). The zero-order valence-electron chi connectivity index (χ0n) is 11.2. The lowest BCUT2D eigenvalue weighted by molar-refractivity contribution is -0.134. The molecule has 1 N–H and O–H groups in total. The van der Waals surface area contributed by atoms with Crippen LogP contribution in [-0.4, -0.2) is 31.2 Å². The summed E-state index contributed by atoms with van der Waals surface area (Å²) in [6.07, 6.45) is -4.70. The molecule has 0 saturated carbocycles. The third-order valence-electron chi connectivity index (χ3n) is 2.37. The summed E-state index contributed by atoms with van der Waals surface area (Å²) in [5, 5.41) is 2.13. The molecule has 0 bridgehead atoms. The van der Waals surface area contributed by atoms with Crippen LogP contribution in [0.2, 0.25) is 0 Å². The molecule has 0 unspecified atom stereocenters. The first-order chi connectivity index (χ1) is 9.63. The molecule has 1 amide bonds. The second-order valence-electron chi connectivity index (χ2n) is 4.35. The first-order valence-electron chi connectivity index (χ1n) is 6.19. The van der Waals surface area contributed by atoms with Gasteiger partial charge in [-0.25, -0.2) is 18.1 Å². The summed E-state index contributed by atoms with van der Waals surface area (Å²) in [5.41, 5.74) is -0.0390.